The number of hydrogen-bond donors (Lipinski definition) is 1. The molecule has 11 heteroatoms. The minimum absolute atomic E-state index is 0.0520. The Morgan fingerprint density at radius 1 is 0.723 bits per heavy atom. The van der Waals surface area contributed by atoms with E-state index in [1.807, 2.05) is 27.7 Å². The zero-order valence-electron chi connectivity index (χ0n) is 27.8. The van der Waals surface area contributed by atoms with Gasteiger partial charge in [0.15, 0.2) is 0 Å². The fourth-order valence-corrected chi connectivity index (χ4v) is 7.33. The molecule has 1 saturated heterocycles. The van der Waals surface area contributed by atoms with E-state index in [2.05, 4.69) is 83.3 Å². The van der Waals surface area contributed by atoms with E-state index in [9.17, 15) is 24.0 Å². The summed E-state index contributed by atoms with van der Waals surface area (Å²) in [6.07, 6.45) is 31.8. The van der Waals surface area contributed by atoms with Crippen LogP contribution in [0.4, 0.5) is 4.79 Å². The van der Waals surface area contributed by atoms with Crippen molar-refractivity contribution in [2.24, 2.45) is 0 Å². The highest BCUT2D eigenvalue weighted by atomic mass is 33.1. The molecular weight excluding hydrogens is 639 g/mol. The first-order valence-electron chi connectivity index (χ1n) is 16.4. The minimum atomic E-state index is -1.11. The molecule has 0 radical (unpaired) electrons. The molecule has 0 aromatic heterocycles. The number of carbonyl (C=O) groups excluding carboxylic acids is 5. The van der Waals surface area contributed by atoms with E-state index in [-0.39, 0.29) is 36.7 Å². The Balaban J connectivity index is 2.01. The molecule has 1 N–H and O–H groups in total. The Hall–Kier alpha value is -3.31. The summed E-state index contributed by atoms with van der Waals surface area (Å²) in [4.78, 5) is 58.8. The van der Waals surface area contributed by atoms with Gasteiger partial charge in [0.25, 0.3) is 0 Å². The van der Waals surface area contributed by atoms with Crippen LogP contribution in [-0.4, -0.2) is 53.6 Å². The molecule has 0 unspecified atom stereocenters. The van der Waals surface area contributed by atoms with Crippen molar-refractivity contribution < 1.29 is 38.2 Å². The molecule has 1 heterocycles. The molecular formula is C36H51NO8S2. The lowest BCUT2D eigenvalue weighted by Gasteiger charge is -2.20. The van der Waals surface area contributed by atoms with Crippen molar-refractivity contribution in [3.8, 4) is 0 Å². The van der Waals surface area contributed by atoms with E-state index in [4.69, 9.17) is 4.74 Å². The predicted molar refractivity (Wildman–Crippen MR) is 191 cm³/mol. The van der Waals surface area contributed by atoms with Crippen LogP contribution in [0.1, 0.15) is 97.3 Å². The van der Waals surface area contributed by atoms with E-state index >= 15 is 0 Å². The topological polar surface area (TPSA) is 125 Å². The van der Waals surface area contributed by atoms with Crippen LogP contribution < -0.4 is 5.32 Å². The van der Waals surface area contributed by atoms with E-state index in [1.165, 1.54) is 0 Å². The van der Waals surface area contributed by atoms with E-state index in [0.29, 0.717) is 18.9 Å². The van der Waals surface area contributed by atoms with Crippen LogP contribution in [0.3, 0.4) is 0 Å². The maximum atomic E-state index is 11.8. The molecule has 47 heavy (non-hydrogen) atoms. The highest BCUT2D eigenvalue weighted by Crippen LogP contribution is 2.49. The van der Waals surface area contributed by atoms with Gasteiger partial charge in [0, 0.05) is 35.5 Å². The number of alkyl carbamates (subject to hydrolysis) is 1. The van der Waals surface area contributed by atoms with Crippen molar-refractivity contribution in [1.29, 1.82) is 0 Å². The van der Waals surface area contributed by atoms with Crippen LogP contribution in [0.5, 0.6) is 0 Å². The highest BCUT2D eigenvalue weighted by Gasteiger charge is 2.29. The first-order chi connectivity index (χ1) is 22.7. The monoisotopic (exact) mass is 689 g/mol. The molecule has 1 amide bonds. The fraction of sp³-hybridized carbons (Fsp3) is 0.528. The molecule has 0 spiro atoms. The number of hydrogen-bond acceptors (Lipinski definition) is 10. The molecule has 0 aromatic carbocycles. The number of rotatable bonds is 23. The lowest BCUT2D eigenvalue weighted by atomic mass is 9.99. The first-order valence-corrected chi connectivity index (χ1v) is 18.7. The van der Waals surface area contributed by atoms with Gasteiger partial charge in [-0.25, -0.2) is 14.4 Å². The summed E-state index contributed by atoms with van der Waals surface area (Å²) in [7, 11) is 3.75. The first kappa shape index (κ1) is 41.7. The SMILES string of the molecule is CCC=CCC=CCC=CCC=CCC=CCCCC(=O)OCCNC(=O)OC(=O)C=CC(=O)OC(=O)CCCC[C@]1(C)CCSS1. The van der Waals surface area contributed by atoms with Gasteiger partial charge in [-0.15, -0.1) is 0 Å². The van der Waals surface area contributed by atoms with E-state index in [1.54, 1.807) is 0 Å². The normalized spacial score (nSPS) is 16.7. The molecule has 1 rings (SSSR count). The molecule has 260 valence electrons. The molecule has 0 bridgehead atoms. The molecule has 1 fully saturated rings. The standard InChI is InChI=1S/C36H51NO8S2/c1-3-4-5-6-7-8-9-10-11-12-13-14-15-16-17-18-19-22-31(38)43-29-28-37-35(42)45-34(41)25-24-33(40)44-32(39)23-20-21-26-36(2)27-30-46-47-36/h4-5,7-8,10-11,13-14,16-17,24-25H,3,6,9,12,15,18-23,26-30H2,1-2H3,(H,37,42)/t36-/m1/s1. The molecule has 0 saturated carbocycles. The van der Waals surface area contributed by atoms with Gasteiger partial charge >= 0.3 is 30.0 Å². The van der Waals surface area contributed by atoms with Gasteiger partial charge in [-0.1, -0.05) is 95.7 Å². The van der Waals surface area contributed by atoms with Crippen LogP contribution >= 0.6 is 21.6 Å². The van der Waals surface area contributed by atoms with Crippen molar-refractivity contribution >= 4 is 51.6 Å². The van der Waals surface area contributed by atoms with Crippen molar-refractivity contribution in [1.82, 2.24) is 5.32 Å². The molecule has 1 atom stereocenters. The van der Waals surface area contributed by atoms with Crippen LogP contribution in [0.25, 0.3) is 0 Å². The van der Waals surface area contributed by atoms with Crippen LogP contribution in [0.2, 0.25) is 0 Å². The maximum Gasteiger partial charge on any atom is 0.415 e. The smallest absolute Gasteiger partial charge is 0.415 e. The Morgan fingerprint density at radius 2 is 1.30 bits per heavy atom. The van der Waals surface area contributed by atoms with Gasteiger partial charge < -0.3 is 19.5 Å². The van der Waals surface area contributed by atoms with Gasteiger partial charge in [0.2, 0.25) is 0 Å². The summed E-state index contributed by atoms with van der Waals surface area (Å²) >= 11 is 0. The van der Waals surface area contributed by atoms with Crippen LogP contribution in [0, 0.1) is 0 Å². The fourth-order valence-electron chi connectivity index (χ4n) is 4.04. The number of ether oxygens (including phenoxy) is 3. The van der Waals surface area contributed by atoms with Crippen molar-refractivity contribution in [2.75, 3.05) is 18.9 Å². The van der Waals surface area contributed by atoms with Gasteiger partial charge in [0.1, 0.15) is 6.61 Å². The number of esters is 4. The predicted octanol–water partition coefficient (Wildman–Crippen LogP) is 8.43. The Morgan fingerprint density at radius 3 is 1.89 bits per heavy atom. The maximum absolute atomic E-state index is 11.8. The number of unbranched alkanes of at least 4 members (excludes halogenated alkanes) is 2. The lowest BCUT2D eigenvalue weighted by Crippen LogP contribution is -2.30. The van der Waals surface area contributed by atoms with Gasteiger partial charge in [-0.05, 0) is 71.1 Å². The highest BCUT2D eigenvalue weighted by molar-refractivity contribution is 8.77. The summed E-state index contributed by atoms with van der Waals surface area (Å²) < 4.78 is 14.4. The molecule has 9 nitrogen and oxygen atoms in total. The third kappa shape index (κ3) is 25.5. The number of amides is 1. The van der Waals surface area contributed by atoms with Gasteiger partial charge in [-0.3, -0.25) is 9.59 Å². The number of carbonyl (C=O) groups is 5. The van der Waals surface area contributed by atoms with E-state index < -0.39 is 24.0 Å². The van der Waals surface area contributed by atoms with Crippen molar-refractivity contribution in [3.63, 3.8) is 0 Å². The number of nitrogens with one attached hydrogen (secondary N) is 1. The Bertz CT molecular complexity index is 1130. The van der Waals surface area contributed by atoms with Crippen molar-refractivity contribution in [3.05, 3.63) is 72.9 Å². The Kier molecular flexibility index (Phi) is 24.6. The summed E-state index contributed by atoms with van der Waals surface area (Å²) in [6.45, 7) is 4.22. The summed E-state index contributed by atoms with van der Waals surface area (Å²) in [5.41, 5.74) is 0. The second-order valence-electron chi connectivity index (χ2n) is 10.9. The van der Waals surface area contributed by atoms with Crippen LogP contribution in [-0.2, 0) is 33.4 Å². The second-order valence-corrected chi connectivity index (χ2v) is 13.9. The lowest BCUT2D eigenvalue weighted by molar-refractivity contribution is -0.156. The summed E-state index contributed by atoms with van der Waals surface area (Å²) in [5, 5.41) is 2.27. The van der Waals surface area contributed by atoms with Gasteiger partial charge in [-0.2, -0.15) is 0 Å². The summed E-state index contributed by atoms with van der Waals surface area (Å²) in [5.74, 6) is -2.05. The van der Waals surface area contributed by atoms with E-state index in [0.717, 1.165) is 69.6 Å². The zero-order chi connectivity index (χ0) is 34.4. The largest absolute Gasteiger partial charge is 0.464 e. The number of allylic oxidation sites excluding steroid dienone is 10. The molecule has 1 aliphatic heterocycles. The Labute approximate surface area is 288 Å². The molecule has 0 aliphatic carbocycles. The average Bonchev–Trinajstić information content (AvgIpc) is 3.48. The third-order valence-electron chi connectivity index (χ3n) is 6.62. The third-order valence-corrected chi connectivity index (χ3v) is 9.98. The van der Waals surface area contributed by atoms with Crippen LogP contribution in [0.15, 0.2) is 72.9 Å². The average molecular weight is 690 g/mol. The van der Waals surface area contributed by atoms with Crippen molar-refractivity contribution in [2.45, 2.75) is 102 Å². The zero-order valence-corrected chi connectivity index (χ0v) is 29.5. The minimum Gasteiger partial charge on any atom is -0.464 e. The quantitative estimate of drug-likeness (QED) is 0.0213. The molecule has 1 aliphatic rings. The summed E-state index contributed by atoms with van der Waals surface area (Å²) in [6, 6.07) is 0. The molecule has 0 aromatic rings. The van der Waals surface area contributed by atoms with Gasteiger partial charge in [0.05, 0.1) is 6.54 Å². The second kappa shape index (κ2) is 27.8.